The van der Waals surface area contributed by atoms with Crippen LogP contribution in [0.1, 0.15) is 205 Å². The van der Waals surface area contributed by atoms with Crippen LogP contribution in [0.5, 0.6) is 0 Å². The Morgan fingerprint density at radius 3 is 1.31 bits per heavy atom. The van der Waals surface area contributed by atoms with Gasteiger partial charge in [-0.2, -0.15) is 5.10 Å². The maximum Gasteiger partial charge on any atom is 0.130 e. The van der Waals surface area contributed by atoms with Gasteiger partial charge in [-0.15, -0.1) is 0 Å². The van der Waals surface area contributed by atoms with Gasteiger partial charge in [0.2, 0.25) is 0 Å². The maximum absolute atomic E-state index is 4.18. The molecule has 0 radical (unpaired) electrons. The van der Waals surface area contributed by atoms with Crippen LogP contribution in [-0.4, -0.2) is 49.7 Å². The van der Waals surface area contributed by atoms with Crippen molar-refractivity contribution in [2.24, 2.45) is 0 Å². The van der Waals surface area contributed by atoms with E-state index < -0.39 is 0 Å². The van der Waals surface area contributed by atoms with E-state index in [0.29, 0.717) is 47.5 Å². The van der Waals surface area contributed by atoms with E-state index in [9.17, 15) is 0 Å². The molecule has 0 bridgehead atoms. The van der Waals surface area contributed by atoms with E-state index in [0.717, 1.165) is 17.2 Å². The van der Waals surface area contributed by atoms with Crippen molar-refractivity contribution >= 4 is 0 Å². The van der Waals surface area contributed by atoms with E-state index in [4.69, 9.17) is 0 Å². The minimum absolute atomic E-state index is 0. The van der Waals surface area contributed by atoms with Crippen molar-refractivity contribution in [1.82, 2.24) is 49.7 Å². The fourth-order valence-electron chi connectivity index (χ4n) is 5.51. The Morgan fingerprint density at radius 2 is 1.01 bits per heavy atom. The van der Waals surface area contributed by atoms with Crippen molar-refractivity contribution in [3.8, 4) is 0 Å². The number of aromatic nitrogens is 10. The zero-order valence-electron chi connectivity index (χ0n) is 44.9. The van der Waals surface area contributed by atoms with E-state index in [1.165, 1.54) is 22.4 Å². The second-order valence-electron chi connectivity index (χ2n) is 18.6. The summed E-state index contributed by atoms with van der Waals surface area (Å²) in [7, 11) is 0. The lowest BCUT2D eigenvalue weighted by atomic mass is 10.0. The van der Waals surface area contributed by atoms with Crippen LogP contribution in [0.25, 0.3) is 0 Å². The third kappa shape index (κ3) is 30.0. The van der Waals surface area contributed by atoms with Gasteiger partial charge in [0, 0.05) is 97.2 Å². The Bertz CT molecular complexity index is 1910. The van der Waals surface area contributed by atoms with Crippen molar-refractivity contribution in [3.63, 3.8) is 0 Å². The number of aromatic amines is 2. The quantitative estimate of drug-likeness (QED) is 0.155. The fraction of sp³-hybridized carbons (Fsp3) is 0.417. The van der Waals surface area contributed by atoms with Crippen molar-refractivity contribution < 1.29 is 0 Å². The van der Waals surface area contributed by atoms with Crippen LogP contribution in [0.2, 0.25) is 0 Å². The zero-order chi connectivity index (χ0) is 51.4. The second kappa shape index (κ2) is 38.3. The van der Waals surface area contributed by atoms with Gasteiger partial charge in [0.15, 0.2) is 0 Å². The van der Waals surface area contributed by atoms with Crippen LogP contribution in [0.15, 0.2) is 172 Å². The molecule has 1 aromatic carbocycles. The van der Waals surface area contributed by atoms with E-state index in [2.05, 4.69) is 198 Å². The Labute approximate surface area is 424 Å². The Kier molecular flexibility index (Phi) is 34.7. The first-order chi connectivity index (χ1) is 32.9. The number of nitrogens with zero attached hydrogens (tertiary/aromatic N) is 8. The second-order valence-corrected chi connectivity index (χ2v) is 18.6. The van der Waals surface area contributed by atoms with Gasteiger partial charge < -0.3 is 9.97 Å². The minimum Gasteiger partial charge on any atom is -0.367 e. The highest BCUT2D eigenvalue weighted by Crippen LogP contribution is 2.14. The predicted octanol–water partition coefficient (Wildman–Crippen LogP) is 16.8. The monoisotopic (exact) mass is 951 g/mol. The minimum atomic E-state index is 0. The molecule has 0 atom stereocenters. The molecule has 0 saturated carbocycles. The normalized spacial score (nSPS) is 10.1. The molecule has 8 aromatic rings. The van der Waals surface area contributed by atoms with Crippen LogP contribution < -0.4 is 0 Å². The van der Waals surface area contributed by atoms with E-state index in [-0.39, 0.29) is 7.43 Å². The first kappa shape index (κ1) is 63.5. The molecule has 10 heteroatoms. The zero-order valence-corrected chi connectivity index (χ0v) is 44.9. The molecule has 8 rings (SSSR count). The highest BCUT2D eigenvalue weighted by Gasteiger charge is 2.00. The SMILES string of the molecule is C.CC(C)c1cc[nH]c1.CC(C)c1ccc[nH]1.CC(C)c1ccccc1.CC(C)c1ccccn1.CC(C)c1cccnc1.CC(C)c1ccncn1.CC(C)c1ncccn1.CC(C)n1cccn1. The molecule has 380 valence electrons. The summed E-state index contributed by atoms with van der Waals surface area (Å²) in [6.45, 7) is 34.3. The molecule has 0 saturated heterocycles. The molecule has 70 heavy (non-hydrogen) atoms. The maximum atomic E-state index is 4.18. The number of pyridine rings is 2. The molecular weight excluding hydrogens is 861 g/mol. The Balaban J connectivity index is 0.000000776. The molecule has 2 N–H and O–H groups in total. The molecule has 10 nitrogen and oxygen atoms in total. The largest absolute Gasteiger partial charge is 0.367 e. The van der Waals surface area contributed by atoms with Gasteiger partial charge in [-0.1, -0.05) is 147 Å². The topological polar surface area (TPSA) is 127 Å². The molecule has 0 unspecified atom stereocenters. The van der Waals surface area contributed by atoms with Crippen LogP contribution >= 0.6 is 0 Å². The third-order valence-electron chi connectivity index (χ3n) is 9.98. The van der Waals surface area contributed by atoms with Gasteiger partial charge in [0.05, 0.1) is 0 Å². The van der Waals surface area contributed by atoms with Gasteiger partial charge in [-0.05, 0) is 121 Å². The smallest absolute Gasteiger partial charge is 0.130 e. The summed E-state index contributed by atoms with van der Waals surface area (Å²) >= 11 is 0. The molecule has 0 aliphatic carbocycles. The van der Waals surface area contributed by atoms with Crippen LogP contribution in [-0.2, 0) is 0 Å². The summed E-state index contributed by atoms with van der Waals surface area (Å²) < 4.78 is 1.92. The summed E-state index contributed by atoms with van der Waals surface area (Å²) in [4.78, 5) is 30.3. The number of H-pyrrole nitrogens is 2. The molecule has 0 aliphatic heterocycles. The summed E-state index contributed by atoms with van der Waals surface area (Å²) in [5.41, 5.74) is 7.67. The molecular formula is C60H90N10. The summed E-state index contributed by atoms with van der Waals surface area (Å²) in [5, 5.41) is 4.03. The van der Waals surface area contributed by atoms with Crippen molar-refractivity contribution in [2.45, 2.75) is 166 Å². The van der Waals surface area contributed by atoms with E-state index in [1.54, 1.807) is 37.3 Å². The third-order valence-corrected chi connectivity index (χ3v) is 9.98. The molecule has 0 fully saturated rings. The summed E-state index contributed by atoms with van der Waals surface area (Å²) in [6, 6.07) is 33.0. The van der Waals surface area contributed by atoms with Crippen molar-refractivity contribution in [3.05, 3.63) is 211 Å². The fourth-order valence-corrected chi connectivity index (χ4v) is 5.51. The van der Waals surface area contributed by atoms with Gasteiger partial charge in [-0.3, -0.25) is 14.6 Å². The van der Waals surface area contributed by atoms with Crippen molar-refractivity contribution in [1.29, 1.82) is 0 Å². The van der Waals surface area contributed by atoms with Crippen LogP contribution in [0, 0.1) is 0 Å². The molecule has 0 aliphatic rings. The number of hydrogen-bond acceptors (Lipinski definition) is 7. The first-order valence-corrected chi connectivity index (χ1v) is 24.6. The number of hydrogen-bond donors (Lipinski definition) is 2. The van der Waals surface area contributed by atoms with E-state index in [1.807, 2.05) is 96.5 Å². The predicted molar refractivity (Wildman–Crippen MR) is 299 cm³/mol. The highest BCUT2D eigenvalue weighted by molar-refractivity contribution is 5.18. The average Bonchev–Trinajstić information content (AvgIpc) is 4.21. The van der Waals surface area contributed by atoms with Gasteiger partial charge in [0.1, 0.15) is 12.2 Å². The van der Waals surface area contributed by atoms with Crippen LogP contribution in [0.4, 0.5) is 0 Å². The number of benzene rings is 1. The number of rotatable bonds is 8. The molecule has 0 spiro atoms. The highest BCUT2D eigenvalue weighted by atomic mass is 15.3. The lowest BCUT2D eigenvalue weighted by Gasteiger charge is -2.01. The first-order valence-electron chi connectivity index (χ1n) is 24.6. The lowest BCUT2D eigenvalue weighted by Crippen LogP contribution is -1.99. The van der Waals surface area contributed by atoms with Crippen molar-refractivity contribution in [2.75, 3.05) is 0 Å². The Hall–Kier alpha value is -6.55. The molecule has 7 heterocycles. The van der Waals surface area contributed by atoms with Gasteiger partial charge in [0.25, 0.3) is 0 Å². The average molecular weight is 951 g/mol. The molecule has 7 aromatic heterocycles. The summed E-state index contributed by atoms with van der Waals surface area (Å²) in [5.74, 6) is 4.94. The lowest BCUT2D eigenvalue weighted by molar-refractivity contribution is 0.532. The van der Waals surface area contributed by atoms with Crippen LogP contribution in [0.3, 0.4) is 0 Å². The van der Waals surface area contributed by atoms with E-state index >= 15 is 0 Å². The standard InChI is InChI=1S/C9H12.2C8H11N.2C7H10N2.2C7H11N.C6H10N2.CH4/c1-8(2)9-6-4-3-5-7-9;1-7(2)8-4-3-5-9-6-8;1-7(2)8-5-3-4-6-9-8;1-6(2)7-3-4-8-5-9-7;1-6(2)7-8-4-3-5-9-7;1-6(2)7-3-4-8-5-7;1-6(2)7-4-3-5-8-7;1-6(2)8-5-3-4-7-8;/h3-8H,1-2H3;2*3-7H,1-2H3;2*3-6H,1-2H3;2*3-6,8H,1-2H3;3-6H,1-2H3;1H4. The number of nitrogens with one attached hydrogen (secondary N) is 2. The summed E-state index contributed by atoms with van der Waals surface area (Å²) in [6.07, 6.45) is 22.1. The van der Waals surface area contributed by atoms with Gasteiger partial charge in [-0.25, -0.2) is 19.9 Å². The van der Waals surface area contributed by atoms with Gasteiger partial charge >= 0.3 is 0 Å². The Morgan fingerprint density at radius 1 is 0.414 bits per heavy atom. The molecule has 0 amide bonds.